The molecule has 0 aliphatic carbocycles. The summed E-state index contributed by atoms with van der Waals surface area (Å²) in [7, 11) is 0. The van der Waals surface area contributed by atoms with Crippen molar-refractivity contribution in [1.29, 1.82) is 0 Å². The zero-order valence-corrected chi connectivity index (χ0v) is 15.0. The van der Waals surface area contributed by atoms with Crippen molar-refractivity contribution in [3.8, 4) is 5.69 Å². The number of halogens is 4. The first-order chi connectivity index (χ1) is 12.8. The van der Waals surface area contributed by atoms with E-state index in [1.807, 2.05) is 0 Å². The summed E-state index contributed by atoms with van der Waals surface area (Å²) in [6.45, 7) is 3.16. The molecule has 0 spiro atoms. The lowest BCUT2D eigenvalue weighted by Gasteiger charge is -2.17. The monoisotopic (exact) mass is 395 g/mol. The molecule has 0 aliphatic rings. The van der Waals surface area contributed by atoms with Crippen molar-refractivity contribution in [2.24, 2.45) is 0 Å². The van der Waals surface area contributed by atoms with Gasteiger partial charge < -0.3 is 9.30 Å². The molecule has 0 bridgehead atoms. The van der Waals surface area contributed by atoms with E-state index in [0.29, 0.717) is 17.3 Å². The minimum atomic E-state index is -1.33. The standard InChI is InChI=1S/C19H13ClF3NO3/c1-3-27-19(26)12-8-24(14-5-4-10(21)6-9(14)2)17-11(18(12)25)7-13(22)16(23)15(17)20/h4-8H,3H2,1-2H3. The fourth-order valence-electron chi connectivity index (χ4n) is 2.82. The van der Waals surface area contributed by atoms with Gasteiger partial charge in [-0.25, -0.2) is 18.0 Å². The smallest absolute Gasteiger partial charge is 0.343 e. The highest BCUT2D eigenvalue weighted by Gasteiger charge is 2.23. The Kier molecular flexibility index (Phi) is 4.97. The van der Waals surface area contributed by atoms with Gasteiger partial charge in [0.15, 0.2) is 11.6 Å². The minimum Gasteiger partial charge on any atom is -0.462 e. The van der Waals surface area contributed by atoms with E-state index in [0.717, 1.165) is 12.3 Å². The molecule has 0 aliphatic heterocycles. The molecule has 1 aromatic heterocycles. The molecule has 140 valence electrons. The van der Waals surface area contributed by atoms with Crippen molar-refractivity contribution >= 4 is 28.5 Å². The van der Waals surface area contributed by atoms with E-state index in [2.05, 4.69) is 0 Å². The molecular formula is C19H13ClF3NO3. The SMILES string of the molecule is CCOC(=O)c1cn(-c2ccc(F)cc2C)c2c(Cl)c(F)c(F)cc2c1=O. The molecule has 0 N–H and O–H groups in total. The summed E-state index contributed by atoms with van der Waals surface area (Å²) in [5, 5.41) is -0.922. The predicted octanol–water partition coefficient (Wildman–Crippen LogP) is 4.55. The van der Waals surface area contributed by atoms with Crippen molar-refractivity contribution in [1.82, 2.24) is 4.57 Å². The average molecular weight is 396 g/mol. The van der Waals surface area contributed by atoms with E-state index >= 15 is 0 Å². The molecule has 3 rings (SSSR count). The quantitative estimate of drug-likeness (QED) is 0.483. The number of aromatic nitrogens is 1. The Bertz CT molecular complexity index is 1140. The average Bonchev–Trinajstić information content (AvgIpc) is 2.61. The lowest BCUT2D eigenvalue weighted by Crippen LogP contribution is -2.21. The number of hydrogen-bond acceptors (Lipinski definition) is 3. The van der Waals surface area contributed by atoms with E-state index in [1.165, 1.54) is 16.7 Å². The van der Waals surface area contributed by atoms with E-state index in [9.17, 15) is 22.8 Å². The maximum atomic E-state index is 14.1. The van der Waals surface area contributed by atoms with Crippen molar-refractivity contribution < 1.29 is 22.7 Å². The fourth-order valence-corrected chi connectivity index (χ4v) is 3.11. The van der Waals surface area contributed by atoms with E-state index in [1.54, 1.807) is 13.8 Å². The van der Waals surface area contributed by atoms with Gasteiger partial charge in [0.25, 0.3) is 0 Å². The van der Waals surface area contributed by atoms with Gasteiger partial charge in [0.1, 0.15) is 16.4 Å². The molecule has 1 heterocycles. The number of carbonyl (C=O) groups is 1. The first-order valence-corrected chi connectivity index (χ1v) is 8.30. The van der Waals surface area contributed by atoms with Crippen molar-refractivity contribution in [3.63, 3.8) is 0 Å². The summed E-state index contributed by atoms with van der Waals surface area (Å²) in [6.07, 6.45) is 1.13. The zero-order chi connectivity index (χ0) is 19.9. The maximum absolute atomic E-state index is 14.1. The van der Waals surface area contributed by atoms with Gasteiger partial charge in [-0.2, -0.15) is 0 Å². The molecule has 0 unspecified atom stereocenters. The zero-order valence-electron chi connectivity index (χ0n) is 14.3. The Labute approximate surface area is 156 Å². The number of pyridine rings is 1. The van der Waals surface area contributed by atoms with Gasteiger partial charge in [-0.1, -0.05) is 11.6 Å². The number of benzene rings is 2. The highest BCUT2D eigenvalue weighted by molar-refractivity contribution is 6.35. The van der Waals surface area contributed by atoms with Crippen LogP contribution in [-0.2, 0) is 4.74 Å². The van der Waals surface area contributed by atoms with Crippen LogP contribution in [0.3, 0.4) is 0 Å². The van der Waals surface area contributed by atoms with Crippen LogP contribution in [0.2, 0.25) is 5.02 Å². The molecule has 8 heteroatoms. The maximum Gasteiger partial charge on any atom is 0.343 e. The number of aryl methyl sites for hydroxylation is 1. The first kappa shape index (κ1) is 19.0. The Hall–Kier alpha value is -2.80. The van der Waals surface area contributed by atoms with Crippen LogP contribution in [0.5, 0.6) is 0 Å². The summed E-state index contributed by atoms with van der Waals surface area (Å²) in [5.74, 6) is -4.08. The Morgan fingerprint density at radius 1 is 1.22 bits per heavy atom. The third-order valence-electron chi connectivity index (χ3n) is 4.04. The van der Waals surface area contributed by atoms with Gasteiger partial charge in [-0.3, -0.25) is 4.79 Å². The number of nitrogens with zero attached hydrogens (tertiary/aromatic N) is 1. The third kappa shape index (κ3) is 3.19. The highest BCUT2D eigenvalue weighted by Crippen LogP contribution is 2.30. The van der Waals surface area contributed by atoms with Crippen LogP contribution in [0.25, 0.3) is 16.6 Å². The second-order valence-electron chi connectivity index (χ2n) is 5.78. The Morgan fingerprint density at radius 3 is 2.56 bits per heavy atom. The van der Waals surface area contributed by atoms with E-state index in [4.69, 9.17) is 16.3 Å². The number of fused-ring (bicyclic) bond motifs is 1. The van der Waals surface area contributed by atoms with Crippen molar-refractivity contribution in [2.75, 3.05) is 6.61 Å². The molecule has 0 atom stereocenters. The molecule has 4 nitrogen and oxygen atoms in total. The second kappa shape index (κ2) is 7.08. The molecule has 0 radical (unpaired) electrons. The van der Waals surface area contributed by atoms with E-state index < -0.39 is 33.9 Å². The Morgan fingerprint density at radius 2 is 1.93 bits per heavy atom. The second-order valence-corrected chi connectivity index (χ2v) is 6.15. The summed E-state index contributed by atoms with van der Waals surface area (Å²) < 4.78 is 47.5. The Balaban J connectivity index is 2.50. The van der Waals surface area contributed by atoms with Crippen LogP contribution >= 0.6 is 11.6 Å². The lowest BCUT2D eigenvalue weighted by molar-refractivity contribution is 0.0524. The summed E-state index contributed by atoms with van der Waals surface area (Å²) >= 11 is 5.97. The van der Waals surface area contributed by atoms with Crippen LogP contribution < -0.4 is 5.43 Å². The predicted molar refractivity (Wildman–Crippen MR) is 95.1 cm³/mol. The number of hydrogen-bond donors (Lipinski definition) is 0. The normalized spacial score (nSPS) is 11.0. The van der Waals surface area contributed by atoms with Crippen LogP contribution in [0, 0.1) is 24.4 Å². The molecule has 2 aromatic carbocycles. The molecule has 0 saturated heterocycles. The summed E-state index contributed by atoms with van der Waals surface area (Å²) in [6, 6.07) is 4.43. The van der Waals surface area contributed by atoms with Crippen LogP contribution in [-0.4, -0.2) is 17.1 Å². The van der Waals surface area contributed by atoms with E-state index in [-0.39, 0.29) is 23.1 Å². The van der Waals surface area contributed by atoms with Crippen molar-refractivity contribution in [3.05, 3.63) is 74.3 Å². The minimum absolute atomic E-state index is 0.0183. The molecule has 0 fully saturated rings. The van der Waals surface area contributed by atoms with Crippen molar-refractivity contribution in [2.45, 2.75) is 13.8 Å². The topological polar surface area (TPSA) is 48.3 Å². The fraction of sp³-hybridized carbons (Fsp3) is 0.158. The van der Waals surface area contributed by atoms with Gasteiger partial charge in [0.05, 0.1) is 17.5 Å². The number of rotatable bonds is 3. The van der Waals surface area contributed by atoms with Gasteiger partial charge >= 0.3 is 5.97 Å². The lowest BCUT2D eigenvalue weighted by atomic mass is 10.1. The molecule has 0 saturated carbocycles. The molecule has 3 aromatic rings. The van der Waals surface area contributed by atoms with Gasteiger partial charge in [-0.15, -0.1) is 0 Å². The van der Waals surface area contributed by atoms with Gasteiger partial charge in [-0.05, 0) is 43.7 Å². The molecule has 0 amide bonds. The van der Waals surface area contributed by atoms with Gasteiger partial charge in [0, 0.05) is 11.9 Å². The molecule has 27 heavy (non-hydrogen) atoms. The number of carbonyl (C=O) groups excluding carboxylic acids is 1. The van der Waals surface area contributed by atoms with Crippen LogP contribution in [0.4, 0.5) is 13.2 Å². The summed E-state index contributed by atoms with van der Waals surface area (Å²) in [5.41, 5.74) is -0.603. The van der Waals surface area contributed by atoms with Crippen LogP contribution in [0.1, 0.15) is 22.8 Å². The van der Waals surface area contributed by atoms with Crippen LogP contribution in [0.15, 0.2) is 35.3 Å². The number of ether oxygens (including phenoxy) is 1. The summed E-state index contributed by atoms with van der Waals surface area (Å²) in [4.78, 5) is 24.8. The van der Waals surface area contributed by atoms with Gasteiger partial charge in [0.2, 0.25) is 5.43 Å². The number of esters is 1. The largest absolute Gasteiger partial charge is 0.462 e. The molecular weight excluding hydrogens is 383 g/mol. The third-order valence-corrected chi connectivity index (χ3v) is 4.38. The first-order valence-electron chi connectivity index (χ1n) is 7.92. The highest BCUT2D eigenvalue weighted by atomic mass is 35.5.